The minimum Gasteiger partial charge on any atom is -0.368 e. The van der Waals surface area contributed by atoms with Crippen molar-refractivity contribution < 1.29 is 0 Å². The van der Waals surface area contributed by atoms with Crippen molar-refractivity contribution in [3.63, 3.8) is 0 Å². The van der Waals surface area contributed by atoms with E-state index >= 15 is 0 Å². The quantitative estimate of drug-likeness (QED) is 0.659. The summed E-state index contributed by atoms with van der Waals surface area (Å²) in [6.45, 7) is 1.86. The summed E-state index contributed by atoms with van der Waals surface area (Å²) in [7, 11) is 1.74. The molecule has 1 saturated heterocycles. The Labute approximate surface area is 91.5 Å². The highest BCUT2D eigenvalue weighted by molar-refractivity contribution is 5.48. The third-order valence-electron chi connectivity index (χ3n) is 2.67. The zero-order valence-corrected chi connectivity index (χ0v) is 8.83. The Balaban J connectivity index is 1.91. The normalized spacial score (nSPS) is 16.3. The van der Waals surface area contributed by atoms with Gasteiger partial charge in [-0.1, -0.05) is 5.21 Å². The fraction of sp³-hybridized carbons (Fsp3) is 0.500. The summed E-state index contributed by atoms with van der Waals surface area (Å²) in [6.07, 6.45) is 1.85. The Hall–Kier alpha value is -1.96. The zero-order valence-electron chi connectivity index (χ0n) is 8.83. The molecule has 16 heavy (non-hydrogen) atoms. The molecule has 0 radical (unpaired) electrons. The highest BCUT2D eigenvalue weighted by atomic mass is 15.5. The number of nitrogen functional groups attached to an aromatic ring is 1. The van der Waals surface area contributed by atoms with Crippen molar-refractivity contribution in [1.82, 2.24) is 35.1 Å². The van der Waals surface area contributed by atoms with Gasteiger partial charge in [0.1, 0.15) is 0 Å². The molecule has 0 bridgehead atoms. The number of anilines is 1. The lowest BCUT2D eigenvalue weighted by Gasteiger charge is -2.26. The molecular formula is C8H12N8. The lowest BCUT2D eigenvalue weighted by Crippen LogP contribution is -2.43. The molecule has 84 valence electrons. The minimum absolute atomic E-state index is 0.370. The highest BCUT2D eigenvalue weighted by Gasteiger charge is 2.21. The molecule has 8 nitrogen and oxygen atoms in total. The summed E-state index contributed by atoms with van der Waals surface area (Å²) in [5, 5.41) is 15.4. The number of nitrogens with zero attached hydrogens (tertiary/aromatic N) is 6. The molecule has 0 amide bonds. The second-order valence-electron chi connectivity index (χ2n) is 3.81. The van der Waals surface area contributed by atoms with Gasteiger partial charge in [-0.3, -0.25) is 0 Å². The van der Waals surface area contributed by atoms with Gasteiger partial charge in [-0.15, -0.1) is 10.2 Å². The maximum Gasteiger partial charge on any atom is 0.218 e. The zero-order chi connectivity index (χ0) is 11.1. The fourth-order valence-corrected chi connectivity index (χ4v) is 1.52. The largest absolute Gasteiger partial charge is 0.368 e. The second kappa shape index (κ2) is 3.27. The van der Waals surface area contributed by atoms with E-state index in [0.29, 0.717) is 23.5 Å². The van der Waals surface area contributed by atoms with Gasteiger partial charge >= 0.3 is 0 Å². The van der Waals surface area contributed by atoms with Crippen LogP contribution in [0.1, 0.15) is 6.04 Å². The topological polar surface area (TPSA) is 99.5 Å². The summed E-state index contributed by atoms with van der Waals surface area (Å²) >= 11 is 0. The van der Waals surface area contributed by atoms with E-state index in [4.69, 9.17) is 5.73 Å². The van der Waals surface area contributed by atoms with E-state index in [0.717, 1.165) is 13.1 Å². The molecule has 8 heteroatoms. The van der Waals surface area contributed by atoms with Crippen molar-refractivity contribution in [3.8, 4) is 11.5 Å². The Kier molecular flexibility index (Phi) is 1.90. The molecule has 1 aliphatic rings. The van der Waals surface area contributed by atoms with Gasteiger partial charge in [-0.25, -0.2) is 9.36 Å². The minimum atomic E-state index is 0.370. The molecular weight excluding hydrogens is 208 g/mol. The van der Waals surface area contributed by atoms with Crippen molar-refractivity contribution in [3.05, 3.63) is 6.20 Å². The molecule has 2 aromatic heterocycles. The van der Waals surface area contributed by atoms with Gasteiger partial charge in [0, 0.05) is 20.1 Å². The predicted molar refractivity (Wildman–Crippen MR) is 56.3 cm³/mol. The number of nitrogens with two attached hydrogens (primary N) is 1. The molecule has 1 fully saturated rings. The van der Waals surface area contributed by atoms with Gasteiger partial charge < -0.3 is 11.1 Å². The lowest BCUT2D eigenvalue weighted by molar-refractivity contribution is 0.313. The van der Waals surface area contributed by atoms with Crippen molar-refractivity contribution in [2.24, 2.45) is 7.05 Å². The van der Waals surface area contributed by atoms with Crippen LogP contribution < -0.4 is 11.1 Å². The molecule has 0 spiro atoms. The molecule has 3 heterocycles. The Morgan fingerprint density at radius 1 is 1.50 bits per heavy atom. The molecule has 3 rings (SSSR count). The smallest absolute Gasteiger partial charge is 0.218 e. The second-order valence-corrected chi connectivity index (χ2v) is 3.81. The maximum atomic E-state index is 5.61. The van der Waals surface area contributed by atoms with E-state index in [9.17, 15) is 0 Å². The van der Waals surface area contributed by atoms with Crippen LogP contribution in [-0.4, -0.2) is 42.8 Å². The van der Waals surface area contributed by atoms with Crippen LogP contribution in [0.4, 0.5) is 5.95 Å². The van der Waals surface area contributed by atoms with Crippen LogP contribution in [0.5, 0.6) is 0 Å². The van der Waals surface area contributed by atoms with E-state index in [1.165, 1.54) is 4.68 Å². The first kappa shape index (κ1) is 9.28. The number of rotatable bonds is 2. The van der Waals surface area contributed by atoms with Crippen LogP contribution in [0.3, 0.4) is 0 Å². The number of aromatic nitrogens is 6. The molecule has 3 N–H and O–H groups in total. The average molecular weight is 220 g/mol. The summed E-state index contributed by atoms with van der Waals surface area (Å²) in [5.41, 5.74) is 6.26. The predicted octanol–water partition coefficient (Wildman–Crippen LogP) is -1.20. The monoisotopic (exact) mass is 220 g/mol. The van der Waals surface area contributed by atoms with E-state index in [1.54, 1.807) is 7.05 Å². The van der Waals surface area contributed by atoms with Gasteiger partial charge in [-0.2, -0.15) is 4.98 Å². The van der Waals surface area contributed by atoms with Crippen LogP contribution in [0, 0.1) is 0 Å². The van der Waals surface area contributed by atoms with Gasteiger partial charge in [0.2, 0.25) is 11.8 Å². The summed E-state index contributed by atoms with van der Waals surface area (Å²) in [4.78, 5) is 4.10. The van der Waals surface area contributed by atoms with Crippen molar-refractivity contribution >= 4 is 5.95 Å². The van der Waals surface area contributed by atoms with Gasteiger partial charge in [0.15, 0.2) is 5.69 Å². The number of nitrogens with one attached hydrogen (secondary N) is 1. The number of hydrogen-bond acceptors (Lipinski definition) is 6. The van der Waals surface area contributed by atoms with Crippen LogP contribution in [0.25, 0.3) is 11.5 Å². The molecule has 0 aliphatic carbocycles. The standard InChI is InChI=1S/C8H12N8/c1-15-8(9)11-7(13-15)6-4-16(14-12-6)5-2-10-3-5/h4-5,10H,2-3H2,1H3,(H2,9,11,13). The van der Waals surface area contributed by atoms with Crippen LogP contribution >= 0.6 is 0 Å². The van der Waals surface area contributed by atoms with E-state index in [1.807, 2.05) is 10.9 Å². The SMILES string of the molecule is Cn1nc(-c2cn(C3CNC3)nn2)nc1N. The molecule has 2 aromatic rings. The lowest BCUT2D eigenvalue weighted by atomic mass is 10.2. The fourth-order valence-electron chi connectivity index (χ4n) is 1.52. The van der Waals surface area contributed by atoms with Crippen LogP contribution in [0.2, 0.25) is 0 Å². The molecule has 0 saturated carbocycles. The van der Waals surface area contributed by atoms with Gasteiger partial charge in [-0.05, 0) is 0 Å². The Morgan fingerprint density at radius 3 is 2.88 bits per heavy atom. The molecule has 0 aromatic carbocycles. The van der Waals surface area contributed by atoms with Crippen molar-refractivity contribution in [1.29, 1.82) is 0 Å². The van der Waals surface area contributed by atoms with Crippen LogP contribution in [-0.2, 0) is 7.05 Å². The summed E-state index contributed by atoms with van der Waals surface area (Å²) in [6, 6.07) is 0.391. The third-order valence-corrected chi connectivity index (χ3v) is 2.67. The summed E-state index contributed by atoms with van der Waals surface area (Å²) < 4.78 is 3.34. The van der Waals surface area contributed by atoms with Crippen LogP contribution in [0.15, 0.2) is 6.20 Å². The Bertz CT molecular complexity index is 488. The van der Waals surface area contributed by atoms with Crippen molar-refractivity contribution in [2.75, 3.05) is 18.8 Å². The molecule has 0 atom stereocenters. The van der Waals surface area contributed by atoms with E-state index in [2.05, 4.69) is 25.7 Å². The first-order valence-corrected chi connectivity index (χ1v) is 5.03. The number of aryl methyl sites for hydroxylation is 1. The third kappa shape index (κ3) is 1.34. The highest BCUT2D eigenvalue weighted by Crippen LogP contribution is 2.16. The molecule has 1 aliphatic heterocycles. The first-order chi connectivity index (χ1) is 7.74. The molecule has 0 unspecified atom stereocenters. The van der Waals surface area contributed by atoms with Gasteiger partial charge in [0.25, 0.3) is 0 Å². The van der Waals surface area contributed by atoms with E-state index < -0.39 is 0 Å². The van der Waals surface area contributed by atoms with Gasteiger partial charge in [0.05, 0.1) is 12.2 Å². The maximum absolute atomic E-state index is 5.61. The summed E-state index contributed by atoms with van der Waals surface area (Å²) in [5.74, 6) is 0.883. The average Bonchev–Trinajstić information content (AvgIpc) is 2.73. The number of hydrogen-bond donors (Lipinski definition) is 2. The Morgan fingerprint density at radius 2 is 2.31 bits per heavy atom. The van der Waals surface area contributed by atoms with Crippen molar-refractivity contribution in [2.45, 2.75) is 6.04 Å². The first-order valence-electron chi connectivity index (χ1n) is 5.03. The van der Waals surface area contributed by atoms with E-state index in [-0.39, 0.29) is 0 Å².